The Balaban J connectivity index is 1.42. The molecule has 1 saturated heterocycles. The van der Waals surface area contributed by atoms with Crippen molar-refractivity contribution in [2.75, 3.05) is 5.08 Å². The van der Waals surface area contributed by atoms with Crippen molar-refractivity contribution in [3.63, 3.8) is 0 Å². The van der Waals surface area contributed by atoms with Crippen molar-refractivity contribution >= 4 is 41.3 Å². The van der Waals surface area contributed by atoms with Gasteiger partial charge in [-0.05, 0) is 18.4 Å². The third-order valence-corrected chi connectivity index (χ3v) is 7.35. The fourth-order valence-corrected chi connectivity index (χ4v) is 5.75. The third-order valence-electron chi connectivity index (χ3n) is 5.17. The van der Waals surface area contributed by atoms with Gasteiger partial charge in [-0.15, -0.1) is 16.9 Å². The number of carbonyl (C=O) groups is 3. The van der Waals surface area contributed by atoms with Gasteiger partial charge in [-0.3, -0.25) is 19.6 Å². The van der Waals surface area contributed by atoms with Gasteiger partial charge in [0.1, 0.15) is 22.8 Å². The van der Waals surface area contributed by atoms with Crippen molar-refractivity contribution in [1.29, 1.82) is 0 Å². The summed E-state index contributed by atoms with van der Waals surface area (Å²) in [6, 6.07) is 6.81. The van der Waals surface area contributed by atoms with Crippen LogP contribution in [-0.2, 0) is 14.4 Å². The van der Waals surface area contributed by atoms with Crippen molar-refractivity contribution in [1.82, 2.24) is 25.6 Å². The first kappa shape index (κ1) is 21.4. The molecule has 0 radical (unpaired) electrons. The first-order valence-corrected chi connectivity index (χ1v) is 11.5. The summed E-state index contributed by atoms with van der Waals surface area (Å²) in [5.74, 6) is -2.05. The molecule has 31 heavy (non-hydrogen) atoms. The summed E-state index contributed by atoms with van der Waals surface area (Å²) in [7, 11) is 0. The average molecular weight is 461 g/mol. The van der Waals surface area contributed by atoms with Gasteiger partial charge in [-0.1, -0.05) is 47.3 Å². The minimum Gasteiger partial charge on any atom is -0.477 e. The van der Waals surface area contributed by atoms with Crippen LogP contribution in [0.1, 0.15) is 24.4 Å². The van der Waals surface area contributed by atoms with Crippen molar-refractivity contribution in [3.05, 3.63) is 52.7 Å². The van der Waals surface area contributed by atoms with Crippen LogP contribution >= 0.6 is 23.5 Å². The van der Waals surface area contributed by atoms with Gasteiger partial charge in [0.2, 0.25) is 5.91 Å². The van der Waals surface area contributed by atoms with Crippen molar-refractivity contribution in [2.45, 2.75) is 36.0 Å². The summed E-state index contributed by atoms with van der Waals surface area (Å²) in [5.41, 5.74) is 6.64. The number of rotatable bonds is 8. The topological polar surface area (TPSA) is 154 Å². The first-order chi connectivity index (χ1) is 15.0. The molecular weight excluding hydrogens is 440 g/mol. The highest BCUT2D eigenvalue weighted by atomic mass is 32.2. The van der Waals surface area contributed by atoms with Crippen LogP contribution in [-0.4, -0.2) is 60.4 Å². The van der Waals surface area contributed by atoms with Crippen molar-refractivity contribution in [3.8, 4) is 0 Å². The molecule has 0 aliphatic carbocycles. The molecule has 2 aliphatic heterocycles. The normalized spacial score (nSPS) is 21.3. The van der Waals surface area contributed by atoms with Gasteiger partial charge in [0, 0.05) is 4.91 Å². The monoisotopic (exact) mass is 460 g/mol. The number of allylic oxidation sites excluding steroid dienone is 1. The lowest BCUT2D eigenvalue weighted by Gasteiger charge is -2.50. The minimum atomic E-state index is -1.15. The lowest BCUT2D eigenvalue weighted by Crippen LogP contribution is -2.72. The first-order valence-electron chi connectivity index (χ1n) is 9.50. The second-order valence-corrected chi connectivity index (χ2v) is 9.42. The van der Waals surface area contributed by atoms with Gasteiger partial charge in [0.05, 0.1) is 17.3 Å². The number of carbonyl (C=O) groups excluding carboxylic acids is 2. The standard InChI is InChI=1S/C19H20N6O4S2/c20-14(10-4-2-1-3-5-10)17(26)22-15-11-6-7-12(16(19(28)29)25(11)18(15)27)30-9-31-13-8-21-24-23-13/h1-5,8,11,14-15H,6-7,9,20H2,(H,22,26)(H,28,29)(H,21,23,24)/t11-,14?,15+/m1/s1. The maximum absolute atomic E-state index is 12.7. The second kappa shape index (κ2) is 9.12. The fraction of sp³-hybridized carbons (Fsp3) is 0.316. The number of nitrogens with one attached hydrogen (secondary N) is 2. The highest BCUT2D eigenvalue weighted by Crippen LogP contribution is 2.42. The Morgan fingerprint density at radius 3 is 2.77 bits per heavy atom. The molecule has 2 amide bonds. The van der Waals surface area contributed by atoms with Gasteiger partial charge in [0.15, 0.2) is 0 Å². The maximum Gasteiger partial charge on any atom is 0.353 e. The molecule has 4 rings (SSSR count). The Bertz CT molecular complexity index is 1010. The number of aliphatic carboxylic acids is 1. The number of amides is 2. The van der Waals surface area contributed by atoms with Gasteiger partial charge in [-0.25, -0.2) is 4.79 Å². The quantitative estimate of drug-likeness (QED) is 0.257. The smallest absolute Gasteiger partial charge is 0.353 e. The van der Waals surface area contributed by atoms with E-state index >= 15 is 0 Å². The third kappa shape index (κ3) is 4.31. The van der Waals surface area contributed by atoms with Crippen LogP contribution in [0, 0.1) is 0 Å². The van der Waals surface area contributed by atoms with Crippen molar-refractivity contribution in [2.24, 2.45) is 5.73 Å². The summed E-state index contributed by atoms with van der Waals surface area (Å²) in [6.07, 6.45) is 2.73. The molecule has 1 fully saturated rings. The molecule has 10 nitrogen and oxygen atoms in total. The summed E-state index contributed by atoms with van der Waals surface area (Å²) in [5, 5.41) is 23.8. The molecule has 5 N–H and O–H groups in total. The summed E-state index contributed by atoms with van der Waals surface area (Å²) in [4.78, 5) is 39.1. The summed E-state index contributed by atoms with van der Waals surface area (Å²) < 4.78 is 0. The van der Waals surface area contributed by atoms with Crippen molar-refractivity contribution < 1.29 is 19.5 Å². The SMILES string of the molecule is NC(C(=O)N[C@@H]1C(=O)N2C(C(=O)O)=C(SCSc3c[nH]nn3)CC[C@H]12)c1ccccc1. The zero-order valence-electron chi connectivity index (χ0n) is 16.2. The Hall–Kier alpha value is -2.83. The number of carboxylic acids is 1. The number of aromatic nitrogens is 3. The van der Waals surface area contributed by atoms with Crippen LogP contribution in [0.3, 0.4) is 0 Å². The van der Waals surface area contributed by atoms with E-state index in [9.17, 15) is 19.5 Å². The highest BCUT2D eigenvalue weighted by molar-refractivity contribution is 8.17. The van der Waals surface area contributed by atoms with E-state index in [1.165, 1.54) is 28.4 Å². The van der Waals surface area contributed by atoms with E-state index in [2.05, 4.69) is 20.7 Å². The largest absolute Gasteiger partial charge is 0.477 e. The molecule has 2 aliphatic rings. The van der Waals surface area contributed by atoms with Crippen LogP contribution in [0.15, 0.2) is 52.2 Å². The van der Waals surface area contributed by atoms with E-state index in [0.29, 0.717) is 33.4 Å². The zero-order chi connectivity index (χ0) is 22.0. The summed E-state index contributed by atoms with van der Waals surface area (Å²) in [6.45, 7) is 0. The van der Waals surface area contributed by atoms with E-state index in [4.69, 9.17) is 5.73 Å². The van der Waals surface area contributed by atoms with Crippen LogP contribution in [0.25, 0.3) is 0 Å². The van der Waals surface area contributed by atoms with E-state index in [1.807, 2.05) is 6.07 Å². The number of fused-ring (bicyclic) bond motifs is 1. The second-order valence-electron chi connectivity index (χ2n) is 6.98. The number of carboxylic acid groups (broad SMARTS) is 1. The fourth-order valence-electron chi connectivity index (χ4n) is 3.65. The van der Waals surface area contributed by atoms with Gasteiger partial charge >= 0.3 is 5.97 Å². The molecule has 2 aromatic rings. The number of aromatic amines is 1. The average Bonchev–Trinajstić information content (AvgIpc) is 3.30. The number of nitrogens with two attached hydrogens (primary N) is 1. The number of benzene rings is 1. The number of β-lactam (4-membered cyclic amide) rings is 1. The zero-order valence-corrected chi connectivity index (χ0v) is 17.9. The van der Waals surface area contributed by atoms with Gasteiger partial charge in [0.25, 0.3) is 5.91 Å². The predicted molar refractivity (Wildman–Crippen MR) is 115 cm³/mol. The Kier molecular flexibility index (Phi) is 6.30. The van der Waals surface area contributed by atoms with Crippen LogP contribution in [0.2, 0.25) is 0 Å². The maximum atomic E-state index is 12.7. The molecule has 0 saturated carbocycles. The number of nitrogens with zero attached hydrogens (tertiary/aromatic N) is 3. The molecule has 1 unspecified atom stereocenters. The lowest BCUT2D eigenvalue weighted by molar-refractivity contribution is -0.156. The molecule has 0 spiro atoms. The number of H-pyrrole nitrogens is 1. The highest BCUT2D eigenvalue weighted by Gasteiger charge is 2.53. The van der Waals surface area contributed by atoms with Gasteiger partial charge in [-0.2, -0.15) is 0 Å². The lowest BCUT2D eigenvalue weighted by atomic mass is 9.86. The molecule has 3 atom stereocenters. The molecule has 1 aromatic carbocycles. The molecular formula is C19H20N6O4S2. The van der Waals surface area contributed by atoms with E-state index in [-0.39, 0.29) is 5.70 Å². The predicted octanol–water partition coefficient (Wildman–Crippen LogP) is 1.07. The van der Waals surface area contributed by atoms with Crippen LogP contribution in [0.4, 0.5) is 0 Å². The number of hydrogen-bond acceptors (Lipinski definition) is 8. The summed E-state index contributed by atoms with van der Waals surface area (Å²) >= 11 is 2.79. The number of hydrogen-bond donors (Lipinski definition) is 4. The Labute approximate surface area is 186 Å². The Morgan fingerprint density at radius 1 is 1.32 bits per heavy atom. The molecule has 3 heterocycles. The van der Waals surface area contributed by atoms with Crippen LogP contribution in [0.5, 0.6) is 0 Å². The van der Waals surface area contributed by atoms with E-state index in [1.54, 1.807) is 30.5 Å². The van der Waals surface area contributed by atoms with E-state index < -0.39 is 35.9 Å². The molecule has 1 aromatic heterocycles. The molecule has 0 bridgehead atoms. The van der Waals surface area contributed by atoms with Gasteiger partial charge < -0.3 is 16.2 Å². The number of thioether (sulfide) groups is 2. The molecule has 162 valence electrons. The minimum absolute atomic E-state index is 0.00939. The van der Waals surface area contributed by atoms with Crippen LogP contribution < -0.4 is 11.1 Å². The van der Waals surface area contributed by atoms with E-state index in [0.717, 1.165) is 0 Å². The molecule has 12 heteroatoms. The Morgan fingerprint density at radius 2 is 2.10 bits per heavy atom.